The van der Waals surface area contributed by atoms with Gasteiger partial charge >= 0.3 is 17.9 Å². The molecule has 1 aromatic rings. The highest BCUT2D eigenvalue weighted by atomic mass is 35.5. The molecular weight excluding hydrogens is 440 g/mol. The Balaban J connectivity index is 2.43. The van der Waals surface area contributed by atoms with Crippen LogP contribution in [0, 0.1) is 0 Å². The van der Waals surface area contributed by atoms with Crippen molar-refractivity contribution in [2.75, 3.05) is 6.61 Å². The molecule has 0 spiro atoms. The van der Waals surface area contributed by atoms with Crippen LogP contribution in [0.4, 0.5) is 0 Å². The fourth-order valence-electron chi connectivity index (χ4n) is 2.76. The number of nitrogens with zero attached hydrogens (tertiary/aromatic N) is 4. The third-order valence-electron chi connectivity index (χ3n) is 3.79. The van der Waals surface area contributed by atoms with Crippen LogP contribution in [0.2, 0.25) is 5.02 Å². The van der Waals surface area contributed by atoms with Gasteiger partial charge in [0.05, 0.1) is 5.02 Å². The Bertz CT molecular complexity index is 851. The van der Waals surface area contributed by atoms with Gasteiger partial charge in [0, 0.05) is 43.0 Å². The van der Waals surface area contributed by atoms with Gasteiger partial charge in [-0.05, 0) is 11.6 Å². The third-order valence-corrected chi connectivity index (χ3v) is 5.10. The fraction of sp³-hybridized carbons (Fsp3) is 0.529. The number of thioether (sulfide) groups is 1. The first-order valence-electron chi connectivity index (χ1n) is 8.66. The summed E-state index contributed by atoms with van der Waals surface area (Å²) in [5.74, 6) is -1.91. The topological polar surface area (TPSA) is 150 Å². The predicted octanol–water partition coefficient (Wildman–Crippen LogP) is 2.66. The van der Waals surface area contributed by atoms with Crippen molar-refractivity contribution in [1.82, 2.24) is 4.98 Å². The summed E-state index contributed by atoms with van der Waals surface area (Å²) in [4.78, 5) is 42.0. The quantitative estimate of drug-likeness (QED) is 0.197. The van der Waals surface area contributed by atoms with Gasteiger partial charge in [-0.2, -0.15) is 0 Å². The molecule has 2 unspecified atom stereocenters. The van der Waals surface area contributed by atoms with E-state index in [9.17, 15) is 14.4 Å². The van der Waals surface area contributed by atoms with Crippen molar-refractivity contribution in [2.45, 2.75) is 55.5 Å². The molecular formula is C17H19ClN4O7S. The standard InChI is InChI=1S/C17H19ClN4O7S/c1-8(23)26-7-13-15(27-9(2)24)14(21-22-19)16(28-10(3)25)17(29-13)30-12-4-11(18)5-20-6-12/h4-6,13-17H,7H2,1-3H3/t13?,14-,15-,16?,17+/m0/s1. The molecule has 5 atom stereocenters. The number of ether oxygens (including phenoxy) is 4. The van der Waals surface area contributed by atoms with Gasteiger partial charge < -0.3 is 18.9 Å². The lowest BCUT2D eigenvalue weighted by atomic mass is 9.97. The molecule has 1 saturated heterocycles. The van der Waals surface area contributed by atoms with E-state index in [1.165, 1.54) is 26.2 Å². The SMILES string of the molecule is CC(=O)OCC1O[C@H](Sc2cncc(Cl)c2)C(OC(C)=O)[C@@H](N=[N+]=[N-])[C@H]1OC(C)=O. The number of halogens is 1. The van der Waals surface area contributed by atoms with Gasteiger partial charge in [-0.15, -0.1) is 0 Å². The Morgan fingerprint density at radius 2 is 1.87 bits per heavy atom. The molecule has 0 saturated carbocycles. The molecule has 0 aliphatic carbocycles. The molecule has 0 N–H and O–H groups in total. The van der Waals surface area contributed by atoms with Crippen LogP contribution in [0.1, 0.15) is 20.8 Å². The Kier molecular flexibility index (Phi) is 8.72. The van der Waals surface area contributed by atoms with Crippen molar-refractivity contribution < 1.29 is 33.3 Å². The maximum atomic E-state index is 11.7. The first-order chi connectivity index (χ1) is 14.2. The van der Waals surface area contributed by atoms with Crippen LogP contribution in [-0.2, 0) is 33.3 Å². The average molecular weight is 459 g/mol. The number of carbonyl (C=O) groups is 3. The summed E-state index contributed by atoms with van der Waals surface area (Å²) in [5.41, 5.74) is 8.15. The summed E-state index contributed by atoms with van der Waals surface area (Å²) in [7, 11) is 0. The minimum absolute atomic E-state index is 0.275. The van der Waals surface area contributed by atoms with Crippen LogP contribution in [0.5, 0.6) is 0 Å². The number of pyridine rings is 1. The normalized spacial score (nSPS) is 25.5. The lowest BCUT2D eigenvalue weighted by Crippen LogP contribution is -2.59. The van der Waals surface area contributed by atoms with E-state index >= 15 is 0 Å². The van der Waals surface area contributed by atoms with E-state index in [1.807, 2.05) is 0 Å². The van der Waals surface area contributed by atoms with Gasteiger partial charge in [0.25, 0.3) is 0 Å². The van der Waals surface area contributed by atoms with Crippen molar-refractivity contribution in [1.29, 1.82) is 0 Å². The summed E-state index contributed by atoms with van der Waals surface area (Å²) in [6.07, 6.45) is -0.284. The molecule has 1 aromatic heterocycles. The van der Waals surface area contributed by atoms with Crippen molar-refractivity contribution >= 4 is 41.3 Å². The molecule has 1 aliphatic rings. The lowest BCUT2D eigenvalue weighted by molar-refractivity contribution is -0.201. The first kappa shape index (κ1) is 23.7. The Hall–Kier alpha value is -2.53. The van der Waals surface area contributed by atoms with E-state index in [0.717, 1.165) is 18.7 Å². The number of esters is 3. The highest BCUT2D eigenvalue weighted by molar-refractivity contribution is 7.99. The monoisotopic (exact) mass is 458 g/mol. The van der Waals surface area contributed by atoms with E-state index < -0.39 is 47.7 Å². The third kappa shape index (κ3) is 6.77. The smallest absolute Gasteiger partial charge is 0.303 e. The van der Waals surface area contributed by atoms with E-state index in [0.29, 0.717) is 9.92 Å². The van der Waals surface area contributed by atoms with Gasteiger partial charge in [-0.3, -0.25) is 19.4 Å². The molecule has 0 radical (unpaired) electrons. The molecule has 0 bridgehead atoms. The summed E-state index contributed by atoms with van der Waals surface area (Å²) in [5, 5.41) is 4.07. The van der Waals surface area contributed by atoms with Crippen LogP contribution >= 0.6 is 23.4 Å². The summed E-state index contributed by atoms with van der Waals surface area (Å²) in [6, 6.07) is 0.483. The molecule has 2 heterocycles. The van der Waals surface area contributed by atoms with Gasteiger partial charge in [0.2, 0.25) is 0 Å². The number of carbonyl (C=O) groups excluding carboxylic acids is 3. The first-order valence-corrected chi connectivity index (χ1v) is 9.91. The van der Waals surface area contributed by atoms with Crippen LogP contribution < -0.4 is 0 Å². The van der Waals surface area contributed by atoms with Crippen LogP contribution in [0.25, 0.3) is 10.4 Å². The predicted molar refractivity (Wildman–Crippen MR) is 104 cm³/mol. The van der Waals surface area contributed by atoms with Crippen LogP contribution in [-0.4, -0.2) is 59.3 Å². The molecule has 1 fully saturated rings. The lowest BCUT2D eigenvalue weighted by Gasteiger charge is -2.43. The van der Waals surface area contributed by atoms with Gasteiger partial charge in [0.15, 0.2) is 0 Å². The van der Waals surface area contributed by atoms with E-state index in [2.05, 4.69) is 15.0 Å². The zero-order valence-corrected chi connectivity index (χ0v) is 17.8. The Morgan fingerprint density at radius 1 is 1.20 bits per heavy atom. The van der Waals surface area contributed by atoms with E-state index in [-0.39, 0.29) is 6.61 Å². The Morgan fingerprint density at radius 3 is 2.43 bits per heavy atom. The molecule has 1 aliphatic heterocycles. The zero-order valence-electron chi connectivity index (χ0n) is 16.3. The number of hydrogen-bond acceptors (Lipinski definition) is 10. The van der Waals surface area contributed by atoms with Crippen molar-refractivity contribution in [2.24, 2.45) is 5.11 Å². The fourth-order valence-corrected chi connectivity index (χ4v) is 4.13. The number of hydrogen-bond donors (Lipinski definition) is 0. The zero-order chi connectivity index (χ0) is 22.3. The number of rotatable bonds is 7. The summed E-state index contributed by atoms with van der Waals surface area (Å²) in [6.45, 7) is 3.28. The maximum Gasteiger partial charge on any atom is 0.303 e. The minimum atomic E-state index is -1.16. The highest BCUT2D eigenvalue weighted by Gasteiger charge is 2.50. The second kappa shape index (κ2) is 11.0. The van der Waals surface area contributed by atoms with Gasteiger partial charge in [-0.25, -0.2) is 0 Å². The number of azide groups is 1. The summed E-state index contributed by atoms with van der Waals surface area (Å²) < 4.78 is 21.6. The highest BCUT2D eigenvalue weighted by Crippen LogP contribution is 2.37. The van der Waals surface area contributed by atoms with E-state index in [4.69, 9.17) is 36.1 Å². The van der Waals surface area contributed by atoms with Gasteiger partial charge in [-0.1, -0.05) is 28.5 Å². The molecule has 13 heteroatoms. The molecule has 162 valence electrons. The van der Waals surface area contributed by atoms with Crippen molar-refractivity contribution in [3.63, 3.8) is 0 Å². The second-order valence-electron chi connectivity index (χ2n) is 6.15. The molecule has 0 aromatic carbocycles. The van der Waals surface area contributed by atoms with Crippen molar-refractivity contribution in [3.05, 3.63) is 33.9 Å². The minimum Gasteiger partial charge on any atom is -0.463 e. The Labute approximate surface area is 181 Å². The van der Waals surface area contributed by atoms with Crippen LogP contribution in [0.15, 0.2) is 28.5 Å². The molecule has 11 nitrogen and oxygen atoms in total. The molecule has 2 rings (SSSR count). The molecule has 0 amide bonds. The van der Waals surface area contributed by atoms with Crippen LogP contribution in [0.3, 0.4) is 0 Å². The van der Waals surface area contributed by atoms with Gasteiger partial charge in [0.1, 0.15) is 36.4 Å². The average Bonchev–Trinajstić information content (AvgIpc) is 2.64. The second-order valence-corrected chi connectivity index (χ2v) is 7.75. The summed E-state index contributed by atoms with van der Waals surface area (Å²) >= 11 is 7.08. The number of aromatic nitrogens is 1. The van der Waals surface area contributed by atoms with Crippen molar-refractivity contribution in [3.8, 4) is 0 Å². The maximum absolute atomic E-state index is 11.7. The largest absolute Gasteiger partial charge is 0.463 e. The van der Waals surface area contributed by atoms with E-state index in [1.54, 1.807) is 6.07 Å². The molecule has 30 heavy (non-hydrogen) atoms.